The molecular formula is C25H32N2O3. The van der Waals surface area contributed by atoms with Gasteiger partial charge in [-0.15, -0.1) is 0 Å². The molecule has 2 saturated heterocycles. The first-order valence-electron chi connectivity index (χ1n) is 11.0. The highest BCUT2D eigenvalue weighted by atomic mass is 16.3. The second-order valence-corrected chi connectivity index (χ2v) is 9.03. The number of hydrogen-bond donors (Lipinski definition) is 2. The van der Waals surface area contributed by atoms with Crippen molar-refractivity contribution in [2.24, 2.45) is 0 Å². The summed E-state index contributed by atoms with van der Waals surface area (Å²) in [4.78, 5) is 16.7. The molecule has 0 radical (unpaired) electrons. The van der Waals surface area contributed by atoms with Crippen LogP contribution in [0.25, 0.3) is 0 Å². The molecule has 2 aliphatic heterocycles. The SMILES string of the molecule is O=C(N1CCC(O)(Cc2ccccc2)CC1)N1CCC(O)(Cc2ccccc2)CC1. The van der Waals surface area contributed by atoms with E-state index in [0.717, 1.165) is 11.1 Å². The van der Waals surface area contributed by atoms with Gasteiger partial charge < -0.3 is 20.0 Å². The number of carbonyl (C=O) groups excluding carboxylic acids is 1. The Morgan fingerprint density at radius 1 is 0.667 bits per heavy atom. The fraction of sp³-hybridized carbons (Fsp3) is 0.480. The first kappa shape index (κ1) is 20.9. The van der Waals surface area contributed by atoms with Crippen LogP contribution >= 0.6 is 0 Å². The second-order valence-electron chi connectivity index (χ2n) is 9.03. The lowest BCUT2D eigenvalue weighted by Crippen LogP contribution is -2.55. The lowest BCUT2D eigenvalue weighted by molar-refractivity contribution is -0.0277. The Hall–Kier alpha value is -2.37. The molecule has 4 rings (SSSR count). The van der Waals surface area contributed by atoms with Gasteiger partial charge in [0.1, 0.15) is 0 Å². The smallest absolute Gasteiger partial charge is 0.320 e. The van der Waals surface area contributed by atoms with Gasteiger partial charge in [0, 0.05) is 39.0 Å². The van der Waals surface area contributed by atoms with Gasteiger partial charge in [0.25, 0.3) is 0 Å². The molecular weight excluding hydrogens is 376 g/mol. The number of urea groups is 1. The Labute approximate surface area is 178 Å². The van der Waals surface area contributed by atoms with E-state index in [2.05, 4.69) is 0 Å². The van der Waals surface area contributed by atoms with Gasteiger partial charge in [0.2, 0.25) is 0 Å². The highest BCUT2D eigenvalue weighted by Gasteiger charge is 2.38. The fourth-order valence-corrected chi connectivity index (χ4v) is 4.73. The molecule has 5 heteroatoms. The Bertz CT molecular complexity index is 754. The second kappa shape index (κ2) is 8.78. The lowest BCUT2D eigenvalue weighted by Gasteiger charge is -2.43. The molecule has 2 N–H and O–H groups in total. The number of nitrogens with zero attached hydrogens (tertiary/aromatic N) is 2. The third-order valence-electron chi connectivity index (χ3n) is 6.68. The summed E-state index contributed by atoms with van der Waals surface area (Å²) in [6.07, 6.45) is 3.65. The number of aliphatic hydroxyl groups is 2. The zero-order valence-corrected chi connectivity index (χ0v) is 17.5. The number of hydrogen-bond acceptors (Lipinski definition) is 3. The number of likely N-dealkylation sites (tertiary alicyclic amines) is 2. The van der Waals surface area contributed by atoms with E-state index in [4.69, 9.17) is 0 Å². The van der Waals surface area contributed by atoms with E-state index in [1.165, 1.54) is 0 Å². The van der Waals surface area contributed by atoms with Crippen LogP contribution in [-0.2, 0) is 12.8 Å². The highest BCUT2D eigenvalue weighted by Crippen LogP contribution is 2.30. The van der Waals surface area contributed by atoms with Crippen LogP contribution in [-0.4, -0.2) is 63.4 Å². The molecule has 30 heavy (non-hydrogen) atoms. The lowest BCUT2D eigenvalue weighted by atomic mass is 9.85. The van der Waals surface area contributed by atoms with Crippen molar-refractivity contribution in [1.82, 2.24) is 9.80 Å². The number of rotatable bonds is 4. The minimum atomic E-state index is -0.740. The number of benzene rings is 2. The summed E-state index contributed by atoms with van der Waals surface area (Å²) >= 11 is 0. The standard InChI is InChI=1S/C25H32N2O3/c28-23(26-15-11-24(29,12-16-26)19-21-7-3-1-4-8-21)27-17-13-25(30,14-18-27)20-22-9-5-2-6-10-22/h1-10,29-30H,11-20H2. The molecule has 160 valence electrons. The van der Waals surface area contributed by atoms with Gasteiger partial charge in [-0.1, -0.05) is 60.7 Å². The molecule has 0 spiro atoms. The molecule has 2 amide bonds. The maximum absolute atomic E-state index is 13.0. The van der Waals surface area contributed by atoms with Crippen molar-refractivity contribution in [3.05, 3.63) is 71.8 Å². The minimum absolute atomic E-state index is 0.0403. The molecule has 2 aliphatic rings. The maximum Gasteiger partial charge on any atom is 0.320 e. The monoisotopic (exact) mass is 408 g/mol. The average Bonchev–Trinajstić information content (AvgIpc) is 2.75. The first-order valence-corrected chi connectivity index (χ1v) is 11.0. The summed E-state index contributed by atoms with van der Waals surface area (Å²) < 4.78 is 0. The quantitative estimate of drug-likeness (QED) is 0.816. The molecule has 2 heterocycles. The predicted octanol–water partition coefficient (Wildman–Crippen LogP) is 3.25. The van der Waals surface area contributed by atoms with E-state index in [1.807, 2.05) is 70.5 Å². The van der Waals surface area contributed by atoms with Crippen molar-refractivity contribution >= 4 is 6.03 Å². The van der Waals surface area contributed by atoms with Crippen molar-refractivity contribution in [2.45, 2.75) is 49.7 Å². The first-order chi connectivity index (χ1) is 14.4. The van der Waals surface area contributed by atoms with Crippen LogP contribution in [0.3, 0.4) is 0 Å². The third kappa shape index (κ3) is 5.02. The molecule has 2 fully saturated rings. The minimum Gasteiger partial charge on any atom is -0.389 e. The van der Waals surface area contributed by atoms with Gasteiger partial charge in [-0.25, -0.2) is 4.79 Å². The molecule has 0 aromatic heterocycles. The molecule has 0 bridgehead atoms. The van der Waals surface area contributed by atoms with Crippen molar-refractivity contribution in [3.63, 3.8) is 0 Å². The van der Waals surface area contributed by atoms with Crippen LogP contribution < -0.4 is 0 Å². The maximum atomic E-state index is 13.0. The van der Waals surface area contributed by atoms with E-state index < -0.39 is 11.2 Å². The summed E-state index contributed by atoms with van der Waals surface area (Å²) in [5.74, 6) is 0. The Morgan fingerprint density at radius 3 is 1.33 bits per heavy atom. The normalized spacial score (nSPS) is 20.7. The van der Waals surface area contributed by atoms with Crippen molar-refractivity contribution in [3.8, 4) is 0 Å². The van der Waals surface area contributed by atoms with Crippen LogP contribution in [0, 0.1) is 0 Å². The molecule has 0 atom stereocenters. The zero-order chi connectivity index (χ0) is 21.0. The van der Waals surface area contributed by atoms with E-state index in [-0.39, 0.29) is 6.03 Å². The van der Waals surface area contributed by atoms with Crippen LogP contribution in [0.15, 0.2) is 60.7 Å². The van der Waals surface area contributed by atoms with E-state index in [0.29, 0.717) is 64.7 Å². The molecule has 0 saturated carbocycles. The van der Waals surface area contributed by atoms with Gasteiger partial charge in [0.05, 0.1) is 11.2 Å². The van der Waals surface area contributed by atoms with Crippen molar-refractivity contribution < 1.29 is 15.0 Å². The van der Waals surface area contributed by atoms with E-state index >= 15 is 0 Å². The zero-order valence-electron chi connectivity index (χ0n) is 17.5. The largest absolute Gasteiger partial charge is 0.389 e. The average molecular weight is 409 g/mol. The Kier molecular flexibility index (Phi) is 6.11. The Morgan fingerprint density at radius 2 is 1.00 bits per heavy atom. The van der Waals surface area contributed by atoms with Gasteiger partial charge >= 0.3 is 6.03 Å². The van der Waals surface area contributed by atoms with Crippen molar-refractivity contribution in [2.75, 3.05) is 26.2 Å². The molecule has 5 nitrogen and oxygen atoms in total. The van der Waals surface area contributed by atoms with Crippen molar-refractivity contribution in [1.29, 1.82) is 0 Å². The number of carbonyl (C=O) groups is 1. The predicted molar refractivity (Wildman–Crippen MR) is 117 cm³/mol. The van der Waals surface area contributed by atoms with Gasteiger partial charge in [-0.05, 0) is 36.8 Å². The molecule has 0 unspecified atom stereocenters. The van der Waals surface area contributed by atoms with Crippen LogP contribution in [0.4, 0.5) is 4.79 Å². The highest BCUT2D eigenvalue weighted by molar-refractivity contribution is 5.74. The van der Waals surface area contributed by atoms with Gasteiger partial charge in [-0.3, -0.25) is 0 Å². The molecule has 0 aliphatic carbocycles. The summed E-state index contributed by atoms with van der Waals surface area (Å²) in [7, 11) is 0. The summed E-state index contributed by atoms with van der Waals surface area (Å²) in [6, 6.07) is 20.1. The molecule has 2 aromatic rings. The topological polar surface area (TPSA) is 64.0 Å². The molecule has 2 aromatic carbocycles. The number of amides is 2. The Balaban J connectivity index is 1.27. The summed E-state index contributed by atoms with van der Waals surface area (Å²) in [5, 5.41) is 21.9. The number of piperidine rings is 2. The summed E-state index contributed by atoms with van der Waals surface area (Å²) in [6.45, 7) is 2.31. The fourth-order valence-electron chi connectivity index (χ4n) is 4.73. The van der Waals surface area contributed by atoms with E-state index in [1.54, 1.807) is 0 Å². The van der Waals surface area contributed by atoms with Crippen LogP contribution in [0.1, 0.15) is 36.8 Å². The summed E-state index contributed by atoms with van der Waals surface area (Å²) in [5.41, 5.74) is 0.786. The van der Waals surface area contributed by atoms with Crippen LogP contribution in [0.2, 0.25) is 0 Å². The van der Waals surface area contributed by atoms with Gasteiger partial charge in [0.15, 0.2) is 0 Å². The van der Waals surface area contributed by atoms with Gasteiger partial charge in [-0.2, -0.15) is 0 Å². The van der Waals surface area contributed by atoms with Crippen LogP contribution in [0.5, 0.6) is 0 Å². The third-order valence-corrected chi connectivity index (χ3v) is 6.68. The van der Waals surface area contributed by atoms with E-state index in [9.17, 15) is 15.0 Å².